The van der Waals surface area contributed by atoms with Gasteiger partial charge in [0.15, 0.2) is 5.78 Å². The van der Waals surface area contributed by atoms with Crippen molar-refractivity contribution in [3.05, 3.63) is 113 Å². The minimum atomic E-state index is -0.163. The number of thioether (sulfide) groups is 1. The van der Waals surface area contributed by atoms with E-state index in [4.69, 9.17) is 0 Å². The first-order valence-corrected chi connectivity index (χ1v) is 10.8. The number of carbonyl (C=O) groups excluding carboxylic acids is 1. The van der Waals surface area contributed by atoms with Gasteiger partial charge in [0.25, 0.3) is 0 Å². The van der Waals surface area contributed by atoms with Crippen molar-refractivity contribution in [3.63, 3.8) is 0 Å². The highest BCUT2D eigenvalue weighted by Crippen LogP contribution is 2.36. The highest BCUT2D eigenvalue weighted by atomic mass is 32.2. The van der Waals surface area contributed by atoms with E-state index in [0.29, 0.717) is 0 Å². The van der Waals surface area contributed by atoms with E-state index in [1.165, 1.54) is 15.4 Å². The molecule has 0 aliphatic carbocycles. The fourth-order valence-electron chi connectivity index (χ4n) is 3.83. The molecule has 2 atom stereocenters. The summed E-state index contributed by atoms with van der Waals surface area (Å²) in [7, 11) is 0. The van der Waals surface area contributed by atoms with E-state index in [1.54, 1.807) is 11.8 Å². The summed E-state index contributed by atoms with van der Waals surface area (Å²) in [5.74, 6) is 0.202. The Morgan fingerprint density at radius 1 is 0.897 bits per heavy atom. The largest absolute Gasteiger partial charge is 0.292 e. The van der Waals surface area contributed by atoms with Crippen LogP contribution in [0.1, 0.15) is 29.3 Å². The van der Waals surface area contributed by atoms with Crippen molar-refractivity contribution in [1.29, 1.82) is 0 Å². The molecule has 1 heterocycles. The molecule has 2 nitrogen and oxygen atoms in total. The molecule has 3 aromatic carbocycles. The Bertz CT molecular complexity index is 969. The molecule has 0 fully saturated rings. The number of carbonyl (C=O) groups is 1. The molecule has 0 N–H and O–H groups in total. The number of Topliss-reactive ketones (excluding diaryl/α,β-unsaturated/α-hetero) is 1. The third-order valence-electron chi connectivity index (χ3n) is 5.31. The fraction of sp³-hybridized carbons (Fsp3) is 0.192. The zero-order valence-electron chi connectivity index (χ0n) is 16.6. The van der Waals surface area contributed by atoms with Gasteiger partial charge in [0.2, 0.25) is 0 Å². The maximum atomic E-state index is 13.5. The molecule has 4 rings (SSSR count). The van der Waals surface area contributed by atoms with Crippen LogP contribution in [0, 0.1) is 0 Å². The summed E-state index contributed by atoms with van der Waals surface area (Å²) in [6, 6.07) is 30.5. The number of rotatable bonds is 6. The normalized spacial score (nSPS) is 19.6. The summed E-state index contributed by atoms with van der Waals surface area (Å²) in [5.41, 5.74) is 2.02. The Labute approximate surface area is 177 Å². The second kappa shape index (κ2) is 9.25. The van der Waals surface area contributed by atoms with Crippen LogP contribution in [0.5, 0.6) is 0 Å². The monoisotopic (exact) mass is 399 g/mol. The van der Waals surface area contributed by atoms with Crippen LogP contribution in [0.4, 0.5) is 0 Å². The van der Waals surface area contributed by atoms with Gasteiger partial charge in [-0.3, -0.25) is 9.69 Å². The molecule has 0 unspecified atom stereocenters. The average molecular weight is 400 g/mol. The predicted octanol–water partition coefficient (Wildman–Crippen LogP) is 6.21. The molecule has 0 saturated carbocycles. The molecule has 0 aromatic heterocycles. The van der Waals surface area contributed by atoms with Gasteiger partial charge in [-0.1, -0.05) is 96.7 Å². The highest BCUT2D eigenvalue weighted by molar-refractivity contribution is 8.03. The van der Waals surface area contributed by atoms with Crippen molar-refractivity contribution in [3.8, 4) is 0 Å². The molecule has 0 bridgehead atoms. The van der Waals surface area contributed by atoms with E-state index in [1.807, 2.05) is 42.5 Å². The topological polar surface area (TPSA) is 20.3 Å². The summed E-state index contributed by atoms with van der Waals surface area (Å²) < 4.78 is 0. The molecule has 3 heteroatoms. The molecule has 0 amide bonds. The lowest BCUT2D eigenvalue weighted by atomic mass is 9.94. The highest BCUT2D eigenvalue weighted by Gasteiger charge is 2.34. The van der Waals surface area contributed by atoms with Gasteiger partial charge in [0.1, 0.15) is 0 Å². The van der Waals surface area contributed by atoms with E-state index >= 15 is 0 Å². The van der Waals surface area contributed by atoms with Gasteiger partial charge in [0.05, 0.1) is 6.04 Å². The van der Waals surface area contributed by atoms with Crippen molar-refractivity contribution >= 4 is 17.5 Å². The SMILES string of the molecule is C[C@H]1C=C(Sc2ccccc2)C[C@H](C(=O)c2ccccc2)N1Cc1ccccc1. The lowest BCUT2D eigenvalue weighted by Gasteiger charge is -2.39. The summed E-state index contributed by atoms with van der Waals surface area (Å²) in [5, 5.41) is 0. The standard InChI is InChI=1S/C26H25NOS/c1-20-17-24(29-23-15-9-4-10-16-23)18-25(26(28)22-13-7-3-8-14-22)27(20)19-21-11-5-2-6-12-21/h2-17,20,25H,18-19H2,1H3/t20-,25+/m0/s1. The van der Waals surface area contributed by atoms with Crippen molar-refractivity contribution in [2.45, 2.75) is 36.9 Å². The molecule has 29 heavy (non-hydrogen) atoms. The number of nitrogens with zero attached hydrogens (tertiary/aromatic N) is 1. The quantitative estimate of drug-likeness (QED) is 0.460. The number of benzene rings is 3. The van der Waals surface area contributed by atoms with Crippen LogP contribution in [0.2, 0.25) is 0 Å². The third kappa shape index (κ3) is 4.87. The van der Waals surface area contributed by atoms with Crippen molar-refractivity contribution in [2.24, 2.45) is 0 Å². The van der Waals surface area contributed by atoms with Crippen LogP contribution in [0.25, 0.3) is 0 Å². The average Bonchev–Trinajstić information content (AvgIpc) is 2.77. The maximum absolute atomic E-state index is 13.5. The lowest BCUT2D eigenvalue weighted by molar-refractivity contribution is 0.0750. The van der Waals surface area contributed by atoms with Gasteiger partial charge in [-0.2, -0.15) is 0 Å². The molecule has 3 aromatic rings. The summed E-state index contributed by atoms with van der Waals surface area (Å²) in [6.07, 6.45) is 3.06. The summed E-state index contributed by atoms with van der Waals surface area (Å²) >= 11 is 1.78. The smallest absolute Gasteiger partial charge is 0.180 e. The zero-order valence-corrected chi connectivity index (χ0v) is 17.4. The Balaban J connectivity index is 1.63. The van der Waals surface area contributed by atoms with Gasteiger partial charge in [-0.25, -0.2) is 0 Å². The lowest BCUT2D eigenvalue weighted by Crippen LogP contribution is -2.47. The molecular formula is C26H25NOS. The molecule has 1 aliphatic heterocycles. The van der Waals surface area contributed by atoms with Crippen LogP contribution in [-0.4, -0.2) is 22.8 Å². The van der Waals surface area contributed by atoms with Crippen LogP contribution in [-0.2, 0) is 6.54 Å². The number of hydrogen-bond acceptors (Lipinski definition) is 3. The van der Waals surface area contributed by atoms with Gasteiger partial charge >= 0.3 is 0 Å². The fourth-order valence-corrected chi connectivity index (χ4v) is 4.93. The van der Waals surface area contributed by atoms with Gasteiger partial charge in [-0.15, -0.1) is 0 Å². The first kappa shape index (κ1) is 19.7. The number of ketones is 1. The predicted molar refractivity (Wildman–Crippen MR) is 121 cm³/mol. The molecule has 146 valence electrons. The minimum absolute atomic E-state index is 0.163. The first-order valence-electron chi connectivity index (χ1n) is 10.0. The second-order valence-corrected chi connectivity index (χ2v) is 8.60. The van der Waals surface area contributed by atoms with Crippen molar-refractivity contribution in [1.82, 2.24) is 4.90 Å². The first-order chi connectivity index (χ1) is 14.2. The second-order valence-electron chi connectivity index (χ2n) is 7.40. The van der Waals surface area contributed by atoms with E-state index in [-0.39, 0.29) is 17.9 Å². The van der Waals surface area contributed by atoms with E-state index in [0.717, 1.165) is 18.5 Å². The Hall–Kier alpha value is -2.62. The van der Waals surface area contributed by atoms with E-state index < -0.39 is 0 Å². The molecule has 0 radical (unpaired) electrons. The van der Waals surface area contributed by atoms with Crippen LogP contribution >= 0.6 is 11.8 Å². The summed E-state index contributed by atoms with van der Waals surface area (Å²) in [4.78, 5) is 18.3. The van der Waals surface area contributed by atoms with E-state index in [9.17, 15) is 4.79 Å². The number of hydrogen-bond donors (Lipinski definition) is 0. The Kier molecular flexibility index (Phi) is 6.28. The molecule has 0 spiro atoms. The molecule has 1 aliphatic rings. The third-order valence-corrected chi connectivity index (χ3v) is 6.38. The van der Waals surface area contributed by atoms with Crippen molar-refractivity contribution < 1.29 is 4.79 Å². The van der Waals surface area contributed by atoms with Gasteiger partial charge in [-0.05, 0) is 29.5 Å². The maximum Gasteiger partial charge on any atom is 0.180 e. The van der Waals surface area contributed by atoms with Crippen LogP contribution in [0.3, 0.4) is 0 Å². The molecular weight excluding hydrogens is 374 g/mol. The van der Waals surface area contributed by atoms with Crippen LogP contribution < -0.4 is 0 Å². The molecule has 0 saturated heterocycles. The Morgan fingerprint density at radius 3 is 2.14 bits per heavy atom. The van der Waals surface area contributed by atoms with Crippen LogP contribution in [0.15, 0.2) is 107 Å². The zero-order chi connectivity index (χ0) is 20.1. The van der Waals surface area contributed by atoms with E-state index in [2.05, 4.69) is 66.4 Å². The Morgan fingerprint density at radius 2 is 1.48 bits per heavy atom. The van der Waals surface area contributed by atoms with Crippen molar-refractivity contribution in [2.75, 3.05) is 0 Å². The summed E-state index contributed by atoms with van der Waals surface area (Å²) in [6.45, 7) is 2.96. The van der Waals surface area contributed by atoms with Gasteiger partial charge < -0.3 is 0 Å². The minimum Gasteiger partial charge on any atom is -0.292 e. The van der Waals surface area contributed by atoms with Gasteiger partial charge in [0, 0.05) is 29.5 Å².